The minimum Gasteiger partial charge on any atom is -0.368 e. The van der Waals surface area contributed by atoms with E-state index in [4.69, 9.17) is 14.2 Å². The SMILES string of the molecule is CC#CC(OC)C(CC(OC)OC)c1ccccc1. The van der Waals surface area contributed by atoms with Crippen LogP contribution in [0.2, 0.25) is 0 Å². The van der Waals surface area contributed by atoms with Crippen LogP contribution in [0.25, 0.3) is 0 Å². The van der Waals surface area contributed by atoms with E-state index in [1.807, 2.05) is 25.1 Å². The van der Waals surface area contributed by atoms with Crippen LogP contribution in [-0.4, -0.2) is 33.7 Å². The molecule has 0 aliphatic rings. The fraction of sp³-hybridized carbons (Fsp3) is 0.500. The van der Waals surface area contributed by atoms with Crippen molar-refractivity contribution in [3.8, 4) is 11.8 Å². The molecule has 19 heavy (non-hydrogen) atoms. The minimum atomic E-state index is -0.262. The van der Waals surface area contributed by atoms with Gasteiger partial charge in [-0.1, -0.05) is 36.3 Å². The summed E-state index contributed by atoms with van der Waals surface area (Å²) >= 11 is 0. The second-order valence-corrected chi connectivity index (χ2v) is 4.20. The standard InChI is InChI=1S/C16H22O3/c1-5-9-15(17-2)14(12-16(18-3)19-4)13-10-7-6-8-11-13/h6-8,10-11,14-16H,12H2,1-4H3. The highest BCUT2D eigenvalue weighted by Crippen LogP contribution is 2.27. The maximum Gasteiger partial charge on any atom is 0.157 e. The third-order valence-electron chi connectivity index (χ3n) is 3.11. The number of methoxy groups -OCH3 is 3. The molecule has 0 heterocycles. The van der Waals surface area contributed by atoms with Crippen molar-refractivity contribution >= 4 is 0 Å². The minimum absolute atomic E-state index is 0.114. The van der Waals surface area contributed by atoms with Gasteiger partial charge in [0.1, 0.15) is 6.10 Å². The predicted molar refractivity (Wildman–Crippen MR) is 75.9 cm³/mol. The largest absolute Gasteiger partial charge is 0.368 e. The van der Waals surface area contributed by atoms with Crippen LogP contribution in [0.4, 0.5) is 0 Å². The van der Waals surface area contributed by atoms with Crippen molar-refractivity contribution in [2.24, 2.45) is 0 Å². The highest BCUT2D eigenvalue weighted by molar-refractivity contribution is 5.24. The van der Waals surface area contributed by atoms with Gasteiger partial charge < -0.3 is 14.2 Å². The van der Waals surface area contributed by atoms with Crippen LogP contribution < -0.4 is 0 Å². The molecule has 0 saturated carbocycles. The smallest absolute Gasteiger partial charge is 0.157 e. The van der Waals surface area contributed by atoms with Gasteiger partial charge in [-0.3, -0.25) is 0 Å². The van der Waals surface area contributed by atoms with Crippen molar-refractivity contribution < 1.29 is 14.2 Å². The van der Waals surface area contributed by atoms with Gasteiger partial charge >= 0.3 is 0 Å². The topological polar surface area (TPSA) is 27.7 Å². The van der Waals surface area contributed by atoms with Crippen molar-refractivity contribution in [1.29, 1.82) is 0 Å². The highest BCUT2D eigenvalue weighted by Gasteiger charge is 2.25. The molecule has 0 spiro atoms. The van der Waals surface area contributed by atoms with E-state index in [1.165, 1.54) is 5.56 Å². The second kappa shape index (κ2) is 8.71. The van der Waals surface area contributed by atoms with Crippen molar-refractivity contribution in [2.75, 3.05) is 21.3 Å². The van der Waals surface area contributed by atoms with E-state index in [2.05, 4.69) is 24.0 Å². The van der Waals surface area contributed by atoms with E-state index in [0.29, 0.717) is 6.42 Å². The van der Waals surface area contributed by atoms with Crippen molar-refractivity contribution in [1.82, 2.24) is 0 Å². The first-order chi connectivity index (χ1) is 9.26. The van der Waals surface area contributed by atoms with E-state index in [0.717, 1.165) is 0 Å². The van der Waals surface area contributed by atoms with Crippen molar-refractivity contribution in [3.05, 3.63) is 35.9 Å². The van der Waals surface area contributed by atoms with Crippen LogP contribution in [-0.2, 0) is 14.2 Å². The van der Waals surface area contributed by atoms with Gasteiger partial charge in [0.25, 0.3) is 0 Å². The van der Waals surface area contributed by atoms with E-state index >= 15 is 0 Å². The van der Waals surface area contributed by atoms with Gasteiger partial charge in [-0.2, -0.15) is 0 Å². The molecule has 2 atom stereocenters. The maximum atomic E-state index is 5.51. The molecule has 0 bridgehead atoms. The molecule has 0 amide bonds. The molecule has 0 aliphatic heterocycles. The number of benzene rings is 1. The summed E-state index contributed by atoms with van der Waals surface area (Å²) in [6.45, 7) is 1.82. The Balaban J connectivity index is 2.98. The molecule has 3 heteroatoms. The zero-order valence-electron chi connectivity index (χ0n) is 12.1. The zero-order chi connectivity index (χ0) is 14.1. The summed E-state index contributed by atoms with van der Waals surface area (Å²) in [5, 5.41) is 0. The van der Waals surface area contributed by atoms with Crippen molar-refractivity contribution in [2.45, 2.75) is 31.7 Å². The summed E-state index contributed by atoms with van der Waals surface area (Å²) in [4.78, 5) is 0. The lowest BCUT2D eigenvalue weighted by molar-refractivity contribution is -0.114. The van der Waals surface area contributed by atoms with Gasteiger partial charge in [-0.05, 0) is 12.5 Å². The third-order valence-corrected chi connectivity index (χ3v) is 3.11. The maximum absolute atomic E-state index is 5.51. The average molecular weight is 262 g/mol. The first-order valence-corrected chi connectivity index (χ1v) is 6.32. The van der Waals surface area contributed by atoms with Crippen LogP contribution in [0.15, 0.2) is 30.3 Å². The molecular weight excluding hydrogens is 240 g/mol. The number of rotatable bonds is 7. The fourth-order valence-corrected chi connectivity index (χ4v) is 2.10. The Morgan fingerprint density at radius 1 is 1.00 bits per heavy atom. The summed E-state index contributed by atoms with van der Waals surface area (Å²) in [5.41, 5.74) is 1.18. The molecule has 0 aliphatic carbocycles. The molecular formula is C16H22O3. The first-order valence-electron chi connectivity index (χ1n) is 6.32. The van der Waals surface area contributed by atoms with E-state index in [1.54, 1.807) is 21.3 Å². The first kappa shape index (κ1) is 15.7. The molecule has 2 unspecified atom stereocenters. The fourth-order valence-electron chi connectivity index (χ4n) is 2.10. The van der Waals surface area contributed by atoms with Crippen LogP contribution >= 0.6 is 0 Å². The summed E-state index contributed by atoms with van der Waals surface area (Å²) < 4.78 is 16.1. The molecule has 1 aromatic rings. The van der Waals surface area contributed by atoms with Crippen LogP contribution in [0.5, 0.6) is 0 Å². The molecule has 1 aromatic carbocycles. The summed E-state index contributed by atoms with van der Waals surface area (Å²) in [6.07, 6.45) is 0.270. The lowest BCUT2D eigenvalue weighted by Gasteiger charge is -2.26. The summed E-state index contributed by atoms with van der Waals surface area (Å²) in [7, 11) is 4.96. The molecule has 104 valence electrons. The summed E-state index contributed by atoms with van der Waals surface area (Å²) in [6, 6.07) is 10.2. The zero-order valence-corrected chi connectivity index (χ0v) is 12.1. The molecule has 0 saturated heterocycles. The molecule has 0 N–H and O–H groups in total. The van der Waals surface area contributed by atoms with Gasteiger partial charge in [-0.25, -0.2) is 0 Å². The van der Waals surface area contributed by atoms with Gasteiger partial charge in [0.15, 0.2) is 6.29 Å². The molecule has 0 aromatic heterocycles. The highest BCUT2D eigenvalue weighted by atomic mass is 16.7. The molecule has 0 fully saturated rings. The van der Waals surface area contributed by atoms with Gasteiger partial charge in [0.2, 0.25) is 0 Å². The van der Waals surface area contributed by atoms with E-state index in [-0.39, 0.29) is 18.3 Å². The Morgan fingerprint density at radius 2 is 1.63 bits per heavy atom. The van der Waals surface area contributed by atoms with E-state index in [9.17, 15) is 0 Å². The molecule has 3 nitrogen and oxygen atoms in total. The Bertz CT molecular complexity index is 401. The quantitative estimate of drug-likeness (QED) is 0.558. The normalized spacial score (nSPS) is 13.7. The van der Waals surface area contributed by atoms with Crippen molar-refractivity contribution in [3.63, 3.8) is 0 Å². The second-order valence-electron chi connectivity index (χ2n) is 4.20. The lowest BCUT2D eigenvalue weighted by Crippen LogP contribution is -2.26. The van der Waals surface area contributed by atoms with Crippen LogP contribution in [0.3, 0.4) is 0 Å². The van der Waals surface area contributed by atoms with E-state index < -0.39 is 0 Å². The van der Waals surface area contributed by atoms with Crippen LogP contribution in [0.1, 0.15) is 24.8 Å². The van der Waals surface area contributed by atoms with Gasteiger partial charge in [0.05, 0.1) is 0 Å². The lowest BCUT2D eigenvalue weighted by atomic mass is 9.90. The molecule has 1 rings (SSSR count). The predicted octanol–water partition coefficient (Wildman–Crippen LogP) is 2.82. The monoisotopic (exact) mass is 262 g/mol. The number of ether oxygens (including phenoxy) is 3. The Morgan fingerprint density at radius 3 is 2.11 bits per heavy atom. The average Bonchev–Trinajstić information content (AvgIpc) is 2.47. The van der Waals surface area contributed by atoms with Gasteiger partial charge in [0, 0.05) is 33.7 Å². The number of hydrogen-bond donors (Lipinski definition) is 0. The Hall–Kier alpha value is -1.34. The molecule has 0 radical (unpaired) electrons. The number of hydrogen-bond acceptors (Lipinski definition) is 3. The van der Waals surface area contributed by atoms with Crippen LogP contribution in [0, 0.1) is 11.8 Å². The summed E-state index contributed by atoms with van der Waals surface area (Å²) in [5.74, 6) is 6.14. The third kappa shape index (κ3) is 4.68. The Labute approximate surface area is 115 Å². The van der Waals surface area contributed by atoms with Gasteiger partial charge in [-0.15, -0.1) is 5.92 Å². The Kier molecular flexibility index (Phi) is 7.20.